The maximum Gasteiger partial charge on any atom is 0.282 e. The maximum atomic E-state index is 12.7. The number of hydrogen-bond donors (Lipinski definition) is 0. The van der Waals surface area contributed by atoms with Crippen molar-refractivity contribution >= 4 is 10.2 Å². The molecule has 118 valence electrons. The number of hydrogen-bond acceptors (Lipinski definition) is 4. The molecule has 0 aromatic heterocycles. The Morgan fingerprint density at radius 3 is 1.95 bits per heavy atom. The summed E-state index contributed by atoms with van der Waals surface area (Å²) < 4.78 is 33.8. The summed E-state index contributed by atoms with van der Waals surface area (Å²) in [6, 6.07) is 0.928. The lowest BCUT2D eigenvalue weighted by Gasteiger charge is -2.47. The standard InChI is InChI=1S/C13H27N3O3S/c1-11(2)16-12(3)9-15(10-13(16)4)20(17,18)14-5-7-19-8-6-14/h11-13H,5-10H2,1-4H3/t12-,13+. The van der Waals surface area contributed by atoms with Crippen molar-refractivity contribution in [3.05, 3.63) is 0 Å². The molecule has 0 aromatic carbocycles. The van der Waals surface area contributed by atoms with Gasteiger partial charge in [0.2, 0.25) is 0 Å². The first-order valence-electron chi connectivity index (χ1n) is 7.44. The van der Waals surface area contributed by atoms with Crippen LogP contribution in [0, 0.1) is 0 Å². The fraction of sp³-hybridized carbons (Fsp3) is 1.00. The Morgan fingerprint density at radius 1 is 1.00 bits per heavy atom. The van der Waals surface area contributed by atoms with E-state index in [0.717, 1.165) is 0 Å². The van der Waals surface area contributed by atoms with Crippen LogP contribution in [0.3, 0.4) is 0 Å². The summed E-state index contributed by atoms with van der Waals surface area (Å²) >= 11 is 0. The Morgan fingerprint density at radius 2 is 1.50 bits per heavy atom. The van der Waals surface area contributed by atoms with Gasteiger partial charge in [0.25, 0.3) is 10.2 Å². The van der Waals surface area contributed by atoms with E-state index < -0.39 is 10.2 Å². The first-order valence-corrected chi connectivity index (χ1v) is 8.84. The van der Waals surface area contributed by atoms with Crippen molar-refractivity contribution in [1.29, 1.82) is 0 Å². The van der Waals surface area contributed by atoms with Gasteiger partial charge >= 0.3 is 0 Å². The minimum absolute atomic E-state index is 0.245. The Balaban J connectivity index is 2.10. The molecule has 0 saturated carbocycles. The van der Waals surface area contributed by atoms with Crippen molar-refractivity contribution < 1.29 is 13.2 Å². The van der Waals surface area contributed by atoms with E-state index in [1.54, 1.807) is 8.61 Å². The highest BCUT2D eigenvalue weighted by Crippen LogP contribution is 2.22. The Bertz CT molecular complexity index is 409. The highest BCUT2D eigenvalue weighted by atomic mass is 32.2. The van der Waals surface area contributed by atoms with Crippen LogP contribution in [-0.4, -0.2) is 79.4 Å². The van der Waals surface area contributed by atoms with Gasteiger partial charge in [-0.3, -0.25) is 4.90 Å². The van der Waals surface area contributed by atoms with E-state index in [4.69, 9.17) is 4.74 Å². The predicted octanol–water partition coefficient (Wildman–Crippen LogP) is 0.366. The molecule has 2 atom stereocenters. The number of rotatable bonds is 3. The van der Waals surface area contributed by atoms with Gasteiger partial charge in [0.1, 0.15) is 0 Å². The fourth-order valence-corrected chi connectivity index (χ4v) is 5.18. The Hall–Kier alpha value is -0.210. The molecule has 2 rings (SSSR count). The molecule has 6 nitrogen and oxygen atoms in total. The minimum Gasteiger partial charge on any atom is -0.379 e. The molecule has 0 aliphatic carbocycles. The molecule has 2 aliphatic rings. The van der Waals surface area contributed by atoms with E-state index >= 15 is 0 Å². The average Bonchev–Trinajstić information content (AvgIpc) is 2.38. The lowest BCUT2D eigenvalue weighted by Crippen LogP contribution is -2.62. The summed E-state index contributed by atoms with van der Waals surface area (Å²) in [4.78, 5) is 2.39. The van der Waals surface area contributed by atoms with Crippen LogP contribution in [0.4, 0.5) is 0 Å². The quantitative estimate of drug-likeness (QED) is 0.756. The number of nitrogens with zero attached hydrogens (tertiary/aromatic N) is 3. The second kappa shape index (κ2) is 6.27. The highest BCUT2D eigenvalue weighted by molar-refractivity contribution is 7.86. The molecule has 2 fully saturated rings. The SMILES string of the molecule is CC(C)N1[C@H](C)CN(S(=O)(=O)N2CCOCC2)C[C@@H]1C. The molecule has 2 heterocycles. The van der Waals surface area contributed by atoms with Crippen LogP contribution in [-0.2, 0) is 14.9 Å². The van der Waals surface area contributed by atoms with Crippen LogP contribution in [0.15, 0.2) is 0 Å². The van der Waals surface area contributed by atoms with Crippen molar-refractivity contribution in [2.45, 2.75) is 45.8 Å². The molecule has 0 bridgehead atoms. The summed E-state index contributed by atoms with van der Waals surface area (Å²) in [5, 5.41) is 0. The zero-order chi connectivity index (χ0) is 14.9. The summed E-state index contributed by atoms with van der Waals surface area (Å²) in [7, 11) is -3.34. The average molecular weight is 305 g/mol. The van der Waals surface area contributed by atoms with E-state index in [1.807, 2.05) is 0 Å². The largest absolute Gasteiger partial charge is 0.379 e. The van der Waals surface area contributed by atoms with E-state index in [1.165, 1.54) is 0 Å². The second-order valence-electron chi connectivity index (χ2n) is 6.08. The van der Waals surface area contributed by atoms with Crippen LogP contribution in [0.1, 0.15) is 27.7 Å². The van der Waals surface area contributed by atoms with Crippen LogP contribution < -0.4 is 0 Å². The zero-order valence-electron chi connectivity index (χ0n) is 12.9. The summed E-state index contributed by atoms with van der Waals surface area (Å²) in [5.41, 5.74) is 0. The molecule has 0 spiro atoms. The monoisotopic (exact) mass is 305 g/mol. The van der Waals surface area contributed by atoms with Gasteiger partial charge in [0.15, 0.2) is 0 Å². The molecular formula is C13H27N3O3S. The molecule has 0 N–H and O–H groups in total. The van der Waals surface area contributed by atoms with Crippen molar-refractivity contribution in [3.8, 4) is 0 Å². The molecule has 2 saturated heterocycles. The predicted molar refractivity (Wildman–Crippen MR) is 78.8 cm³/mol. The van der Waals surface area contributed by atoms with Crippen molar-refractivity contribution in [1.82, 2.24) is 13.5 Å². The summed E-state index contributed by atoms with van der Waals surface area (Å²) in [6.07, 6.45) is 0. The van der Waals surface area contributed by atoms with Crippen molar-refractivity contribution in [2.24, 2.45) is 0 Å². The Labute approximate surface area is 122 Å². The van der Waals surface area contributed by atoms with Gasteiger partial charge in [0, 0.05) is 44.3 Å². The van der Waals surface area contributed by atoms with Crippen molar-refractivity contribution in [2.75, 3.05) is 39.4 Å². The van der Waals surface area contributed by atoms with Crippen molar-refractivity contribution in [3.63, 3.8) is 0 Å². The summed E-state index contributed by atoms with van der Waals surface area (Å²) in [5.74, 6) is 0. The first kappa shape index (κ1) is 16.2. The molecule has 0 amide bonds. The van der Waals surface area contributed by atoms with Gasteiger partial charge < -0.3 is 4.74 Å². The normalized spacial score (nSPS) is 31.9. The van der Waals surface area contributed by atoms with Crippen LogP contribution in [0.5, 0.6) is 0 Å². The van der Waals surface area contributed by atoms with Gasteiger partial charge in [0.05, 0.1) is 13.2 Å². The van der Waals surface area contributed by atoms with Gasteiger partial charge in [-0.25, -0.2) is 0 Å². The second-order valence-corrected chi connectivity index (χ2v) is 8.00. The summed E-state index contributed by atoms with van der Waals surface area (Å²) in [6.45, 7) is 11.6. The van der Waals surface area contributed by atoms with E-state index in [0.29, 0.717) is 45.4 Å². The van der Waals surface area contributed by atoms with Crippen LogP contribution in [0.25, 0.3) is 0 Å². The molecule has 7 heteroatoms. The Kier molecular flexibility index (Phi) is 5.07. The molecular weight excluding hydrogens is 278 g/mol. The third-order valence-corrected chi connectivity index (χ3v) is 6.14. The molecule has 0 radical (unpaired) electrons. The fourth-order valence-electron chi connectivity index (χ4n) is 3.43. The third kappa shape index (κ3) is 3.17. The smallest absolute Gasteiger partial charge is 0.282 e. The molecule has 0 unspecified atom stereocenters. The molecule has 20 heavy (non-hydrogen) atoms. The van der Waals surface area contributed by atoms with Crippen LogP contribution >= 0.6 is 0 Å². The van der Waals surface area contributed by atoms with Gasteiger partial charge in [-0.1, -0.05) is 0 Å². The zero-order valence-corrected chi connectivity index (χ0v) is 13.8. The lowest BCUT2D eigenvalue weighted by atomic mass is 10.1. The van der Waals surface area contributed by atoms with E-state index in [-0.39, 0.29) is 12.1 Å². The number of ether oxygens (including phenoxy) is 1. The number of morpholine rings is 1. The molecule has 2 aliphatic heterocycles. The van der Waals surface area contributed by atoms with Gasteiger partial charge in [-0.05, 0) is 27.7 Å². The van der Waals surface area contributed by atoms with E-state index in [9.17, 15) is 8.42 Å². The minimum atomic E-state index is -3.34. The number of piperazine rings is 1. The highest BCUT2D eigenvalue weighted by Gasteiger charge is 2.39. The maximum absolute atomic E-state index is 12.7. The first-order chi connectivity index (χ1) is 9.34. The topological polar surface area (TPSA) is 53.1 Å². The third-order valence-electron chi connectivity index (χ3n) is 4.17. The van der Waals surface area contributed by atoms with Gasteiger partial charge in [-0.15, -0.1) is 0 Å². The van der Waals surface area contributed by atoms with Gasteiger partial charge in [-0.2, -0.15) is 17.0 Å². The van der Waals surface area contributed by atoms with Crippen LogP contribution in [0.2, 0.25) is 0 Å². The lowest BCUT2D eigenvalue weighted by molar-refractivity contribution is 0.0398. The van der Waals surface area contributed by atoms with E-state index in [2.05, 4.69) is 32.6 Å². The molecule has 0 aromatic rings.